The van der Waals surface area contributed by atoms with Crippen molar-refractivity contribution in [3.63, 3.8) is 0 Å². The second-order valence-corrected chi connectivity index (χ2v) is 5.86. The molecule has 1 aromatic heterocycles. The van der Waals surface area contributed by atoms with Crippen molar-refractivity contribution >= 4 is 11.3 Å². The van der Waals surface area contributed by atoms with Crippen LogP contribution in [0.4, 0.5) is 0 Å². The van der Waals surface area contributed by atoms with E-state index < -0.39 is 0 Å². The topological polar surface area (TPSA) is 42.2 Å². The van der Waals surface area contributed by atoms with Gasteiger partial charge in [-0.05, 0) is 19.4 Å². The van der Waals surface area contributed by atoms with Gasteiger partial charge in [-0.1, -0.05) is 13.8 Å². The third kappa shape index (κ3) is 3.03. The summed E-state index contributed by atoms with van der Waals surface area (Å²) in [7, 11) is 0. The van der Waals surface area contributed by atoms with Crippen LogP contribution in [-0.4, -0.2) is 29.0 Å². The first-order chi connectivity index (χ1) is 7.65. The Morgan fingerprint density at radius 3 is 3.06 bits per heavy atom. The number of aromatic nitrogens is 1. The molecule has 0 radical (unpaired) electrons. The van der Waals surface area contributed by atoms with E-state index in [1.165, 1.54) is 30.1 Å². The van der Waals surface area contributed by atoms with Gasteiger partial charge in [-0.25, -0.2) is 4.98 Å². The highest BCUT2D eigenvalue weighted by Crippen LogP contribution is 2.20. The molecule has 0 aliphatic carbocycles. The van der Waals surface area contributed by atoms with Crippen molar-refractivity contribution in [3.8, 4) is 0 Å². The highest BCUT2D eigenvalue weighted by atomic mass is 32.1. The van der Waals surface area contributed by atoms with Crippen LogP contribution < -0.4 is 5.73 Å². The molecule has 0 unspecified atom stereocenters. The Bertz CT molecular complexity index is 335. The van der Waals surface area contributed by atoms with E-state index in [0.29, 0.717) is 12.0 Å². The molecule has 1 aromatic rings. The fraction of sp³-hybridized carbons (Fsp3) is 0.750. The van der Waals surface area contributed by atoms with Crippen molar-refractivity contribution in [2.45, 2.75) is 45.2 Å². The van der Waals surface area contributed by atoms with Gasteiger partial charge in [-0.2, -0.15) is 0 Å². The van der Waals surface area contributed by atoms with E-state index >= 15 is 0 Å². The molecule has 0 aromatic carbocycles. The molecule has 0 amide bonds. The number of nitrogens with two attached hydrogens (primary N) is 1. The number of likely N-dealkylation sites (tertiary alicyclic amines) is 1. The average molecular weight is 239 g/mol. The molecular formula is C12H21N3S. The van der Waals surface area contributed by atoms with E-state index in [1.54, 1.807) is 11.3 Å². The number of hydrogen-bond acceptors (Lipinski definition) is 4. The van der Waals surface area contributed by atoms with Gasteiger partial charge in [0.05, 0.1) is 10.7 Å². The van der Waals surface area contributed by atoms with Gasteiger partial charge in [0.25, 0.3) is 0 Å². The minimum atomic E-state index is 0.358. The fourth-order valence-corrected chi connectivity index (χ4v) is 2.95. The second kappa shape index (κ2) is 5.25. The lowest BCUT2D eigenvalue weighted by atomic mass is 10.1. The molecule has 3 nitrogen and oxygen atoms in total. The Kier molecular flexibility index (Phi) is 3.95. The molecule has 0 spiro atoms. The summed E-state index contributed by atoms with van der Waals surface area (Å²) in [6.45, 7) is 7.55. The zero-order valence-corrected chi connectivity index (χ0v) is 11.0. The summed E-state index contributed by atoms with van der Waals surface area (Å²) in [4.78, 5) is 7.09. The molecule has 2 rings (SSSR count). The molecule has 1 atom stereocenters. The zero-order valence-electron chi connectivity index (χ0n) is 10.1. The van der Waals surface area contributed by atoms with Gasteiger partial charge in [0.15, 0.2) is 0 Å². The van der Waals surface area contributed by atoms with Crippen molar-refractivity contribution < 1.29 is 0 Å². The van der Waals surface area contributed by atoms with Gasteiger partial charge in [0.2, 0.25) is 0 Å². The maximum absolute atomic E-state index is 5.97. The summed E-state index contributed by atoms with van der Waals surface area (Å²) < 4.78 is 0. The summed E-state index contributed by atoms with van der Waals surface area (Å²) >= 11 is 1.78. The van der Waals surface area contributed by atoms with Crippen LogP contribution in [0.25, 0.3) is 0 Å². The van der Waals surface area contributed by atoms with E-state index in [9.17, 15) is 0 Å². The Hall–Kier alpha value is -0.450. The number of rotatable bonds is 3. The van der Waals surface area contributed by atoms with Crippen molar-refractivity contribution in [3.05, 3.63) is 16.1 Å². The molecule has 4 heteroatoms. The number of thiazole rings is 1. The number of nitrogens with zero attached hydrogens (tertiary/aromatic N) is 2. The Morgan fingerprint density at radius 1 is 1.62 bits per heavy atom. The van der Waals surface area contributed by atoms with Crippen LogP contribution in [0.1, 0.15) is 43.3 Å². The molecule has 90 valence electrons. The van der Waals surface area contributed by atoms with Gasteiger partial charge in [0, 0.05) is 30.4 Å². The first-order valence-corrected chi connectivity index (χ1v) is 6.95. The molecule has 2 N–H and O–H groups in total. The largest absolute Gasteiger partial charge is 0.327 e. The molecule has 2 heterocycles. The highest BCUT2D eigenvalue weighted by molar-refractivity contribution is 7.09. The van der Waals surface area contributed by atoms with Crippen LogP contribution >= 0.6 is 11.3 Å². The fourth-order valence-electron chi connectivity index (χ4n) is 2.12. The summed E-state index contributed by atoms with van der Waals surface area (Å²) in [5.41, 5.74) is 7.18. The van der Waals surface area contributed by atoms with E-state index in [0.717, 1.165) is 13.1 Å². The van der Waals surface area contributed by atoms with E-state index in [4.69, 9.17) is 5.73 Å². The summed E-state index contributed by atoms with van der Waals surface area (Å²) in [6.07, 6.45) is 2.40. The molecule has 1 aliphatic rings. The van der Waals surface area contributed by atoms with Crippen molar-refractivity contribution in [2.24, 2.45) is 5.73 Å². The third-order valence-electron chi connectivity index (χ3n) is 2.99. The van der Waals surface area contributed by atoms with E-state index in [2.05, 4.69) is 29.1 Å². The molecule has 1 saturated heterocycles. The van der Waals surface area contributed by atoms with Gasteiger partial charge < -0.3 is 5.73 Å². The van der Waals surface area contributed by atoms with Crippen LogP contribution in [-0.2, 0) is 6.54 Å². The van der Waals surface area contributed by atoms with Crippen LogP contribution in [0, 0.1) is 0 Å². The van der Waals surface area contributed by atoms with E-state index in [1.807, 2.05) is 0 Å². The van der Waals surface area contributed by atoms with Crippen molar-refractivity contribution in [2.75, 3.05) is 13.1 Å². The molecular weight excluding hydrogens is 218 g/mol. The van der Waals surface area contributed by atoms with Gasteiger partial charge in [0.1, 0.15) is 0 Å². The lowest BCUT2D eigenvalue weighted by molar-refractivity contribution is 0.199. The molecule has 0 saturated carbocycles. The lowest BCUT2D eigenvalue weighted by Crippen LogP contribution is -2.42. The second-order valence-electron chi connectivity index (χ2n) is 4.97. The van der Waals surface area contributed by atoms with Crippen LogP contribution in [0.3, 0.4) is 0 Å². The van der Waals surface area contributed by atoms with Crippen LogP contribution in [0.2, 0.25) is 0 Å². The molecule has 1 aliphatic heterocycles. The minimum Gasteiger partial charge on any atom is -0.327 e. The summed E-state index contributed by atoms with van der Waals surface area (Å²) in [5.74, 6) is 0.544. The molecule has 16 heavy (non-hydrogen) atoms. The first kappa shape index (κ1) is 12.0. The smallest absolute Gasteiger partial charge is 0.0954 e. The quantitative estimate of drug-likeness (QED) is 0.879. The van der Waals surface area contributed by atoms with Gasteiger partial charge in [-0.3, -0.25) is 4.90 Å². The summed E-state index contributed by atoms with van der Waals surface area (Å²) in [6, 6.07) is 0.358. The van der Waals surface area contributed by atoms with Gasteiger partial charge >= 0.3 is 0 Å². The third-order valence-corrected chi connectivity index (χ3v) is 4.19. The number of piperidine rings is 1. The monoisotopic (exact) mass is 239 g/mol. The normalized spacial score (nSPS) is 22.9. The Morgan fingerprint density at radius 2 is 2.44 bits per heavy atom. The Balaban J connectivity index is 1.92. The average Bonchev–Trinajstić information content (AvgIpc) is 2.66. The predicted molar refractivity (Wildman–Crippen MR) is 68.7 cm³/mol. The Labute approximate surface area is 102 Å². The first-order valence-electron chi connectivity index (χ1n) is 6.07. The summed E-state index contributed by atoms with van der Waals surface area (Å²) in [5, 5.41) is 3.44. The zero-order chi connectivity index (χ0) is 11.5. The minimum absolute atomic E-state index is 0.358. The van der Waals surface area contributed by atoms with Crippen molar-refractivity contribution in [1.82, 2.24) is 9.88 Å². The van der Waals surface area contributed by atoms with Crippen LogP contribution in [0.5, 0.6) is 0 Å². The van der Waals surface area contributed by atoms with Gasteiger partial charge in [-0.15, -0.1) is 11.3 Å². The van der Waals surface area contributed by atoms with E-state index in [-0.39, 0.29) is 0 Å². The highest BCUT2D eigenvalue weighted by Gasteiger charge is 2.17. The number of hydrogen-bond donors (Lipinski definition) is 1. The molecule has 0 bridgehead atoms. The SMILES string of the molecule is CC(C)c1nc(CN2CCC[C@@H](N)C2)cs1. The lowest BCUT2D eigenvalue weighted by Gasteiger charge is -2.29. The van der Waals surface area contributed by atoms with Crippen molar-refractivity contribution in [1.29, 1.82) is 0 Å². The maximum Gasteiger partial charge on any atom is 0.0954 e. The maximum atomic E-state index is 5.97. The predicted octanol–water partition coefficient (Wildman–Crippen LogP) is 2.19. The molecule has 1 fully saturated rings. The standard InChI is InChI=1S/C12H21N3S/c1-9(2)12-14-11(8-16-12)7-15-5-3-4-10(13)6-15/h8-10H,3-7,13H2,1-2H3/t10-/m1/s1. The van der Waals surface area contributed by atoms with Crippen LogP contribution in [0.15, 0.2) is 5.38 Å².